The van der Waals surface area contributed by atoms with Gasteiger partial charge in [-0.15, -0.1) is 5.10 Å². The number of benzene rings is 1. The highest BCUT2D eigenvalue weighted by molar-refractivity contribution is 5.71. The van der Waals surface area contributed by atoms with Crippen molar-refractivity contribution in [2.24, 2.45) is 7.05 Å². The molecule has 0 bridgehead atoms. The van der Waals surface area contributed by atoms with Crippen molar-refractivity contribution in [1.29, 1.82) is 0 Å². The van der Waals surface area contributed by atoms with E-state index in [1.807, 2.05) is 0 Å². The van der Waals surface area contributed by atoms with Crippen molar-refractivity contribution in [3.8, 4) is 17.4 Å². The summed E-state index contributed by atoms with van der Waals surface area (Å²) in [6.07, 6.45) is -0.253. The van der Waals surface area contributed by atoms with Crippen LogP contribution in [-0.4, -0.2) is 33.4 Å². The molecule has 0 amide bonds. The molecule has 0 atom stereocenters. The zero-order valence-corrected chi connectivity index (χ0v) is 12.3. The van der Waals surface area contributed by atoms with Crippen LogP contribution in [0.3, 0.4) is 0 Å². The number of esters is 1. The second kappa shape index (κ2) is 6.50. The Hall–Kier alpha value is -2.51. The number of aryl methyl sites for hydroxylation is 1. The summed E-state index contributed by atoms with van der Waals surface area (Å²) in [5.74, 6) is -1.85. The van der Waals surface area contributed by atoms with Gasteiger partial charge in [0.2, 0.25) is 0 Å². The molecule has 0 aliphatic carbocycles. The molecule has 0 fully saturated rings. The summed E-state index contributed by atoms with van der Waals surface area (Å²) in [7, 11) is 1.53. The van der Waals surface area contributed by atoms with E-state index in [1.165, 1.54) is 17.8 Å². The SMILES string of the molecule is CC(C)OC(=O)COc1nc(-c2ccc(F)cc2F)n(C)n1. The zero-order valence-electron chi connectivity index (χ0n) is 12.3. The van der Waals surface area contributed by atoms with Crippen LogP contribution < -0.4 is 4.74 Å². The van der Waals surface area contributed by atoms with E-state index in [2.05, 4.69) is 10.1 Å². The first-order valence-electron chi connectivity index (χ1n) is 6.55. The van der Waals surface area contributed by atoms with Crippen LogP contribution in [-0.2, 0) is 16.6 Å². The van der Waals surface area contributed by atoms with E-state index in [1.54, 1.807) is 13.8 Å². The first kappa shape index (κ1) is 15.9. The Morgan fingerprint density at radius 1 is 1.36 bits per heavy atom. The molecule has 0 N–H and O–H groups in total. The van der Waals surface area contributed by atoms with Gasteiger partial charge in [-0.3, -0.25) is 0 Å². The van der Waals surface area contributed by atoms with E-state index in [0.29, 0.717) is 0 Å². The third kappa shape index (κ3) is 3.78. The minimum absolute atomic E-state index is 0.0796. The predicted octanol–water partition coefficient (Wildman–Crippen LogP) is 2.09. The van der Waals surface area contributed by atoms with E-state index in [9.17, 15) is 13.6 Å². The molecule has 2 aromatic rings. The van der Waals surface area contributed by atoms with Gasteiger partial charge in [-0.1, -0.05) is 0 Å². The van der Waals surface area contributed by atoms with Crippen LogP contribution in [0, 0.1) is 11.6 Å². The van der Waals surface area contributed by atoms with Crippen molar-refractivity contribution in [3.05, 3.63) is 29.8 Å². The molecule has 0 radical (unpaired) electrons. The Morgan fingerprint density at radius 3 is 2.73 bits per heavy atom. The Balaban J connectivity index is 2.13. The van der Waals surface area contributed by atoms with Gasteiger partial charge in [0.15, 0.2) is 12.4 Å². The molecule has 0 saturated heterocycles. The number of nitrogens with zero attached hydrogens (tertiary/aromatic N) is 3. The maximum Gasteiger partial charge on any atom is 0.344 e. The van der Waals surface area contributed by atoms with Gasteiger partial charge >= 0.3 is 12.0 Å². The summed E-state index contributed by atoms with van der Waals surface area (Å²) in [5, 5.41) is 3.92. The molecule has 1 aromatic carbocycles. The van der Waals surface area contributed by atoms with Crippen LogP contribution in [0.25, 0.3) is 11.4 Å². The van der Waals surface area contributed by atoms with E-state index in [0.717, 1.165) is 12.1 Å². The Labute approximate surface area is 125 Å². The lowest BCUT2D eigenvalue weighted by molar-refractivity contribution is -0.149. The Kier molecular flexibility index (Phi) is 4.69. The van der Waals surface area contributed by atoms with Crippen molar-refractivity contribution in [3.63, 3.8) is 0 Å². The van der Waals surface area contributed by atoms with Gasteiger partial charge < -0.3 is 9.47 Å². The Bertz CT molecular complexity index is 686. The topological polar surface area (TPSA) is 66.2 Å². The molecule has 6 nitrogen and oxygen atoms in total. The number of halogens is 2. The number of hydrogen-bond donors (Lipinski definition) is 0. The minimum atomic E-state index is -0.763. The van der Waals surface area contributed by atoms with Gasteiger partial charge in [-0.25, -0.2) is 18.3 Å². The average molecular weight is 311 g/mol. The largest absolute Gasteiger partial charge is 0.460 e. The van der Waals surface area contributed by atoms with Crippen LogP contribution in [0.5, 0.6) is 6.01 Å². The minimum Gasteiger partial charge on any atom is -0.460 e. The number of ether oxygens (including phenoxy) is 2. The quantitative estimate of drug-likeness (QED) is 0.791. The number of hydrogen-bond acceptors (Lipinski definition) is 5. The second-order valence-electron chi connectivity index (χ2n) is 4.79. The Morgan fingerprint density at radius 2 is 2.09 bits per heavy atom. The zero-order chi connectivity index (χ0) is 16.3. The maximum atomic E-state index is 13.7. The normalized spacial score (nSPS) is 10.8. The third-order valence-electron chi connectivity index (χ3n) is 2.60. The number of carbonyl (C=O) groups excluding carboxylic acids is 1. The second-order valence-corrected chi connectivity index (χ2v) is 4.79. The fourth-order valence-electron chi connectivity index (χ4n) is 1.75. The lowest BCUT2D eigenvalue weighted by Crippen LogP contribution is -2.19. The van der Waals surface area contributed by atoms with Gasteiger partial charge in [0.1, 0.15) is 11.6 Å². The van der Waals surface area contributed by atoms with Crippen LogP contribution in [0.15, 0.2) is 18.2 Å². The smallest absolute Gasteiger partial charge is 0.344 e. The molecule has 22 heavy (non-hydrogen) atoms. The molecule has 8 heteroatoms. The van der Waals surface area contributed by atoms with Gasteiger partial charge in [0, 0.05) is 13.1 Å². The summed E-state index contributed by atoms with van der Waals surface area (Å²) in [6, 6.07) is 3.03. The van der Waals surface area contributed by atoms with Crippen molar-refractivity contribution in [1.82, 2.24) is 14.8 Å². The number of rotatable bonds is 5. The first-order valence-corrected chi connectivity index (χ1v) is 6.55. The molecule has 118 valence electrons. The van der Waals surface area contributed by atoms with E-state index in [4.69, 9.17) is 9.47 Å². The molecule has 0 aliphatic rings. The van der Waals surface area contributed by atoms with E-state index in [-0.39, 0.29) is 30.1 Å². The van der Waals surface area contributed by atoms with Crippen LogP contribution >= 0.6 is 0 Å². The maximum absolute atomic E-state index is 13.7. The molecular weight excluding hydrogens is 296 g/mol. The summed E-state index contributed by atoms with van der Waals surface area (Å²) >= 11 is 0. The van der Waals surface area contributed by atoms with Gasteiger partial charge in [0.25, 0.3) is 0 Å². The number of carbonyl (C=O) groups is 1. The van der Waals surface area contributed by atoms with Crippen molar-refractivity contribution in [2.45, 2.75) is 20.0 Å². The summed E-state index contributed by atoms with van der Waals surface area (Å²) in [4.78, 5) is 15.3. The molecule has 0 spiro atoms. The van der Waals surface area contributed by atoms with Crippen molar-refractivity contribution in [2.75, 3.05) is 6.61 Å². The standard InChI is InChI=1S/C14H15F2N3O3/c1-8(2)22-12(20)7-21-14-17-13(19(3)18-14)10-5-4-9(15)6-11(10)16/h4-6,8H,7H2,1-3H3. The average Bonchev–Trinajstić information content (AvgIpc) is 2.77. The van der Waals surface area contributed by atoms with Crippen LogP contribution in [0.2, 0.25) is 0 Å². The lowest BCUT2D eigenvalue weighted by atomic mass is 10.2. The van der Waals surface area contributed by atoms with E-state index < -0.39 is 17.6 Å². The molecular formula is C14H15F2N3O3. The fraction of sp³-hybridized carbons (Fsp3) is 0.357. The highest BCUT2D eigenvalue weighted by atomic mass is 19.1. The first-order chi connectivity index (χ1) is 10.4. The van der Waals surface area contributed by atoms with Crippen LogP contribution in [0.4, 0.5) is 8.78 Å². The third-order valence-corrected chi connectivity index (χ3v) is 2.60. The highest BCUT2D eigenvalue weighted by Gasteiger charge is 2.16. The molecule has 1 heterocycles. The summed E-state index contributed by atoms with van der Waals surface area (Å²) in [6.45, 7) is 3.08. The fourth-order valence-corrected chi connectivity index (χ4v) is 1.75. The lowest BCUT2D eigenvalue weighted by Gasteiger charge is -2.06. The molecule has 0 saturated carbocycles. The molecule has 0 unspecified atom stereocenters. The van der Waals surface area contributed by atoms with Crippen molar-refractivity contribution >= 4 is 5.97 Å². The van der Waals surface area contributed by atoms with Gasteiger partial charge in [-0.05, 0) is 26.0 Å². The van der Waals surface area contributed by atoms with Gasteiger partial charge in [0.05, 0.1) is 11.7 Å². The van der Waals surface area contributed by atoms with E-state index >= 15 is 0 Å². The highest BCUT2D eigenvalue weighted by Crippen LogP contribution is 2.22. The monoisotopic (exact) mass is 311 g/mol. The molecule has 0 aliphatic heterocycles. The summed E-state index contributed by atoms with van der Waals surface area (Å²) in [5.41, 5.74) is 0.0796. The predicted molar refractivity (Wildman–Crippen MR) is 73.1 cm³/mol. The van der Waals surface area contributed by atoms with Crippen LogP contribution in [0.1, 0.15) is 13.8 Å². The number of aromatic nitrogens is 3. The molecule has 1 aromatic heterocycles. The summed E-state index contributed by atoms with van der Waals surface area (Å²) < 4.78 is 37.9. The van der Waals surface area contributed by atoms with Gasteiger partial charge in [-0.2, -0.15) is 4.98 Å². The van der Waals surface area contributed by atoms with Crippen molar-refractivity contribution < 1.29 is 23.0 Å². The molecule has 2 rings (SSSR count).